The van der Waals surface area contributed by atoms with Crippen LogP contribution in [0.2, 0.25) is 0 Å². The number of methoxy groups -OCH3 is 2. The minimum Gasteiger partial charge on any atom is -0.493 e. The van der Waals surface area contributed by atoms with E-state index in [1.165, 1.54) is 20.3 Å². The molecular formula is C12H13ClF4O3. The monoisotopic (exact) mass is 316 g/mol. The van der Waals surface area contributed by atoms with Gasteiger partial charge in [-0.25, -0.2) is 4.39 Å². The highest BCUT2D eigenvalue weighted by atomic mass is 35.5. The lowest BCUT2D eigenvalue weighted by atomic mass is 10.1. The van der Waals surface area contributed by atoms with Crippen molar-refractivity contribution < 1.29 is 31.8 Å². The molecule has 1 unspecified atom stereocenters. The van der Waals surface area contributed by atoms with E-state index in [-0.39, 0.29) is 17.1 Å². The molecule has 0 aliphatic rings. The number of ether oxygens (including phenoxy) is 3. The Morgan fingerprint density at radius 3 is 2.20 bits per heavy atom. The third-order valence-corrected chi connectivity index (χ3v) is 2.73. The van der Waals surface area contributed by atoms with Crippen molar-refractivity contribution in [2.75, 3.05) is 27.4 Å². The first-order valence-electron chi connectivity index (χ1n) is 5.48. The zero-order chi connectivity index (χ0) is 15.3. The van der Waals surface area contributed by atoms with Crippen LogP contribution in [0, 0.1) is 5.82 Å². The molecule has 0 N–H and O–H groups in total. The number of rotatable bonds is 6. The number of alkyl halides is 4. The summed E-state index contributed by atoms with van der Waals surface area (Å²) in [6, 6.07) is 2.32. The Bertz CT molecular complexity index is 451. The van der Waals surface area contributed by atoms with Gasteiger partial charge in [-0.3, -0.25) is 0 Å². The van der Waals surface area contributed by atoms with Crippen molar-refractivity contribution in [1.82, 2.24) is 0 Å². The summed E-state index contributed by atoms with van der Waals surface area (Å²) in [4.78, 5) is 0. The van der Waals surface area contributed by atoms with Gasteiger partial charge >= 0.3 is 6.18 Å². The van der Waals surface area contributed by atoms with E-state index in [0.29, 0.717) is 0 Å². The van der Waals surface area contributed by atoms with E-state index in [2.05, 4.69) is 4.74 Å². The van der Waals surface area contributed by atoms with Gasteiger partial charge in [0, 0.05) is 11.6 Å². The van der Waals surface area contributed by atoms with Crippen molar-refractivity contribution in [3.63, 3.8) is 0 Å². The Labute approximate surface area is 118 Å². The molecule has 0 saturated carbocycles. The maximum atomic E-state index is 13.8. The molecule has 1 atom stereocenters. The van der Waals surface area contributed by atoms with Gasteiger partial charge in [0.25, 0.3) is 0 Å². The molecule has 0 aliphatic heterocycles. The molecule has 1 aromatic rings. The standard InChI is InChI=1S/C12H13ClF4O3/c1-18-10-3-7(9(14)4-11(10)19-2)8(13)5-20-6-12(15,16)17/h3-4,8H,5-6H2,1-2H3. The summed E-state index contributed by atoms with van der Waals surface area (Å²) in [6.45, 7) is -1.92. The first-order chi connectivity index (χ1) is 9.28. The highest BCUT2D eigenvalue weighted by Crippen LogP contribution is 2.34. The predicted octanol–water partition coefficient (Wildman–Crippen LogP) is 3.70. The van der Waals surface area contributed by atoms with Gasteiger partial charge in [0.2, 0.25) is 0 Å². The summed E-state index contributed by atoms with van der Waals surface area (Å²) in [7, 11) is 2.69. The Balaban J connectivity index is 2.79. The summed E-state index contributed by atoms with van der Waals surface area (Å²) in [5, 5.41) is -1.07. The van der Waals surface area contributed by atoms with E-state index in [1.54, 1.807) is 0 Å². The molecule has 8 heteroatoms. The van der Waals surface area contributed by atoms with Crippen LogP contribution in [0.3, 0.4) is 0 Å². The van der Waals surface area contributed by atoms with Crippen molar-refractivity contribution in [2.45, 2.75) is 11.6 Å². The molecule has 0 radical (unpaired) electrons. The molecule has 0 saturated heterocycles. The second-order valence-corrected chi connectivity index (χ2v) is 4.35. The fourth-order valence-corrected chi connectivity index (χ4v) is 1.73. The Hall–Kier alpha value is -1.21. The Morgan fingerprint density at radius 1 is 1.15 bits per heavy atom. The van der Waals surface area contributed by atoms with Crippen molar-refractivity contribution in [2.24, 2.45) is 0 Å². The number of hydrogen-bond donors (Lipinski definition) is 0. The van der Waals surface area contributed by atoms with Crippen molar-refractivity contribution in [1.29, 1.82) is 0 Å². The van der Waals surface area contributed by atoms with Crippen LogP contribution >= 0.6 is 11.6 Å². The summed E-state index contributed by atoms with van der Waals surface area (Å²) in [5.41, 5.74) is -0.0218. The lowest BCUT2D eigenvalue weighted by molar-refractivity contribution is -0.173. The van der Waals surface area contributed by atoms with Crippen LogP contribution in [0.1, 0.15) is 10.9 Å². The van der Waals surface area contributed by atoms with Gasteiger partial charge in [-0.2, -0.15) is 13.2 Å². The quantitative estimate of drug-likeness (QED) is 0.591. The smallest absolute Gasteiger partial charge is 0.411 e. The summed E-state index contributed by atoms with van der Waals surface area (Å²) in [6.07, 6.45) is -4.45. The molecule has 0 heterocycles. The van der Waals surface area contributed by atoms with Crippen LogP contribution in [0.4, 0.5) is 17.6 Å². The lowest BCUT2D eigenvalue weighted by Gasteiger charge is -2.15. The molecule has 0 fully saturated rings. The van der Waals surface area contributed by atoms with Crippen LogP contribution < -0.4 is 9.47 Å². The first kappa shape index (κ1) is 16.8. The highest BCUT2D eigenvalue weighted by molar-refractivity contribution is 6.21. The van der Waals surface area contributed by atoms with E-state index in [0.717, 1.165) is 6.07 Å². The van der Waals surface area contributed by atoms with Crippen molar-refractivity contribution >= 4 is 11.6 Å². The number of hydrogen-bond acceptors (Lipinski definition) is 3. The van der Waals surface area contributed by atoms with Gasteiger partial charge < -0.3 is 14.2 Å². The SMILES string of the molecule is COc1cc(F)c(C(Cl)COCC(F)(F)F)cc1OC. The van der Waals surface area contributed by atoms with E-state index in [1.807, 2.05) is 0 Å². The summed E-state index contributed by atoms with van der Waals surface area (Å²) >= 11 is 5.84. The Kier molecular flexibility index (Phi) is 5.88. The maximum absolute atomic E-state index is 13.8. The van der Waals surface area contributed by atoms with E-state index in [4.69, 9.17) is 21.1 Å². The second-order valence-electron chi connectivity index (χ2n) is 3.83. The molecule has 0 spiro atoms. The van der Waals surface area contributed by atoms with E-state index >= 15 is 0 Å². The topological polar surface area (TPSA) is 27.7 Å². The fraction of sp³-hybridized carbons (Fsp3) is 0.500. The molecule has 0 aromatic heterocycles. The van der Waals surface area contributed by atoms with E-state index < -0.39 is 30.6 Å². The zero-order valence-corrected chi connectivity index (χ0v) is 11.5. The number of benzene rings is 1. The minimum atomic E-state index is -4.45. The molecule has 20 heavy (non-hydrogen) atoms. The highest BCUT2D eigenvalue weighted by Gasteiger charge is 2.28. The van der Waals surface area contributed by atoms with Gasteiger partial charge in [0.15, 0.2) is 11.5 Å². The van der Waals surface area contributed by atoms with Gasteiger partial charge in [0.05, 0.1) is 26.2 Å². The molecule has 1 rings (SSSR count). The van der Waals surface area contributed by atoms with Crippen LogP contribution in [0.15, 0.2) is 12.1 Å². The largest absolute Gasteiger partial charge is 0.493 e. The molecule has 114 valence electrons. The van der Waals surface area contributed by atoms with Gasteiger partial charge in [-0.05, 0) is 6.07 Å². The third-order valence-electron chi connectivity index (χ3n) is 2.37. The summed E-state index contributed by atoms with van der Waals surface area (Å²) in [5.74, 6) is -0.322. The molecule has 0 aliphatic carbocycles. The molecule has 1 aromatic carbocycles. The second kappa shape index (κ2) is 6.99. The number of halogens is 5. The lowest BCUT2D eigenvalue weighted by Crippen LogP contribution is -2.18. The Morgan fingerprint density at radius 2 is 1.70 bits per heavy atom. The van der Waals surface area contributed by atoms with Gasteiger partial charge in [0.1, 0.15) is 12.4 Å². The van der Waals surface area contributed by atoms with Crippen LogP contribution in [-0.4, -0.2) is 33.6 Å². The van der Waals surface area contributed by atoms with Crippen molar-refractivity contribution in [3.05, 3.63) is 23.5 Å². The third kappa shape index (κ3) is 4.72. The van der Waals surface area contributed by atoms with Crippen LogP contribution in [0.25, 0.3) is 0 Å². The minimum absolute atomic E-state index is 0.0218. The average Bonchev–Trinajstić information content (AvgIpc) is 2.36. The molecule has 0 amide bonds. The van der Waals surface area contributed by atoms with Crippen LogP contribution in [0.5, 0.6) is 11.5 Å². The molecular weight excluding hydrogens is 304 g/mol. The predicted molar refractivity (Wildman–Crippen MR) is 65.0 cm³/mol. The molecule has 0 bridgehead atoms. The summed E-state index contributed by atoms with van der Waals surface area (Å²) < 4.78 is 63.8. The normalized spacial score (nSPS) is 13.2. The maximum Gasteiger partial charge on any atom is 0.411 e. The average molecular weight is 317 g/mol. The van der Waals surface area contributed by atoms with Crippen LogP contribution in [-0.2, 0) is 4.74 Å². The van der Waals surface area contributed by atoms with Gasteiger partial charge in [-0.1, -0.05) is 0 Å². The fourth-order valence-electron chi connectivity index (χ4n) is 1.48. The first-order valence-corrected chi connectivity index (χ1v) is 5.92. The zero-order valence-electron chi connectivity index (χ0n) is 10.8. The van der Waals surface area contributed by atoms with Gasteiger partial charge in [-0.15, -0.1) is 11.6 Å². The molecule has 3 nitrogen and oxygen atoms in total. The van der Waals surface area contributed by atoms with Crippen molar-refractivity contribution in [3.8, 4) is 11.5 Å². The van der Waals surface area contributed by atoms with E-state index in [9.17, 15) is 17.6 Å².